The van der Waals surface area contributed by atoms with Crippen LogP contribution in [0.25, 0.3) is 10.1 Å². The summed E-state index contributed by atoms with van der Waals surface area (Å²) in [7, 11) is 0. The highest BCUT2D eigenvalue weighted by Crippen LogP contribution is 2.29. The molecule has 0 aliphatic heterocycles. The van der Waals surface area contributed by atoms with Gasteiger partial charge in [0.1, 0.15) is 5.82 Å². The smallest absolute Gasteiger partial charge is 0.148 e. The number of nitrogens with one attached hydrogen (secondary N) is 1. The van der Waals surface area contributed by atoms with Crippen molar-refractivity contribution in [3.05, 3.63) is 60.2 Å². The van der Waals surface area contributed by atoms with Crippen LogP contribution in [0.2, 0.25) is 0 Å². The topological polar surface area (TPSA) is 45.1 Å². The van der Waals surface area contributed by atoms with Gasteiger partial charge in [-0.1, -0.05) is 42.5 Å². The van der Waals surface area contributed by atoms with Crippen molar-refractivity contribution >= 4 is 27.4 Å². The molecule has 1 atom stereocenters. The van der Waals surface area contributed by atoms with Gasteiger partial charge in [0, 0.05) is 5.39 Å². The molecule has 1 heterocycles. The fraction of sp³-hybridized carbons (Fsp3) is 0.133. The summed E-state index contributed by atoms with van der Waals surface area (Å²) in [6.45, 7) is 0.0376. The zero-order chi connectivity index (χ0) is 13.1. The lowest BCUT2D eigenvalue weighted by Gasteiger charge is -2.16. The van der Waals surface area contributed by atoms with Crippen molar-refractivity contribution in [2.75, 3.05) is 11.9 Å². The minimum absolute atomic E-state index is 0.0376. The van der Waals surface area contributed by atoms with E-state index in [0.29, 0.717) is 0 Å². The molecule has 0 aliphatic carbocycles. The van der Waals surface area contributed by atoms with E-state index in [1.165, 1.54) is 11.5 Å². The van der Waals surface area contributed by atoms with Crippen LogP contribution < -0.4 is 5.32 Å². The number of aromatic nitrogens is 1. The zero-order valence-corrected chi connectivity index (χ0v) is 11.1. The van der Waals surface area contributed by atoms with E-state index in [0.717, 1.165) is 21.5 Å². The Morgan fingerprint density at radius 1 is 1.05 bits per heavy atom. The maximum atomic E-state index is 9.56. The molecule has 0 bridgehead atoms. The van der Waals surface area contributed by atoms with E-state index in [2.05, 4.69) is 15.8 Å². The first-order valence-electron chi connectivity index (χ1n) is 6.15. The second-order valence-electron chi connectivity index (χ2n) is 4.32. The Bertz CT molecular complexity index is 666. The van der Waals surface area contributed by atoms with Crippen LogP contribution in [0.1, 0.15) is 11.6 Å². The number of fused-ring (bicyclic) bond motifs is 1. The molecule has 1 aromatic heterocycles. The van der Waals surface area contributed by atoms with Crippen molar-refractivity contribution in [2.45, 2.75) is 6.04 Å². The van der Waals surface area contributed by atoms with Crippen LogP contribution in [0.15, 0.2) is 54.6 Å². The van der Waals surface area contributed by atoms with E-state index in [-0.39, 0.29) is 12.6 Å². The molecular weight excluding hydrogens is 256 g/mol. The second kappa shape index (κ2) is 5.38. The van der Waals surface area contributed by atoms with Crippen molar-refractivity contribution in [2.24, 2.45) is 0 Å². The van der Waals surface area contributed by atoms with E-state index in [1.54, 1.807) is 0 Å². The predicted molar refractivity (Wildman–Crippen MR) is 79.5 cm³/mol. The Morgan fingerprint density at radius 3 is 2.58 bits per heavy atom. The fourth-order valence-electron chi connectivity index (χ4n) is 2.07. The van der Waals surface area contributed by atoms with Crippen LogP contribution in [-0.4, -0.2) is 16.1 Å². The van der Waals surface area contributed by atoms with Crippen molar-refractivity contribution in [3.8, 4) is 0 Å². The van der Waals surface area contributed by atoms with E-state index in [1.807, 2.05) is 48.5 Å². The standard InChI is InChI=1S/C15H14N2OS/c18-10-13(11-6-2-1-3-7-11)16-15-12-8-4-5-9-14(12)19-17-15/h1-9,13,18H,10H2,(H,16,17)/t13-/m1/s1. The molecule has 0 radical (unpaired) electrons. The van der Waals surface area contributed by atoms with Crippen LogP contribution in [0, 0.1) is 0 Å². The van der Waals surface area contributed by atoms with Crippen molar-refractivity contribution < 1.29 is 5.11 Å². The average molecular weight is 270 g/mol. The van der Waals surface area contributed by atoms with Crippen molar-refractivity contribution in [1.29, 1.82) is 0 Å². The SMILES string of the molecule is OC[C@@H](Nc1nsc2ccccc12)c1ccccc1. The third-order valence-electron chi connectivity index (χ3n) is 3.07. The minimum atomic E-state index is -0.133. The number of nitrogens with zero attached hydrogens (tertiary/aromatic N) is 1. The van der Waals surface area contributed by atoms with E-state index >= 15 is 0 Å². The molecule has 19 heavy (non-hydrogen) atoms. The summed E-state index contributed by atoms with van der Waals surface area (Å²) in [6.07, 6.45) is 0. The Morgan fingerprint density at radius 2 is 1.79 bits per heavy atom. The molecule has 0 amide bonds. The van der Waals surface area contributed by atoms with Gasteiger partial charge in [-0.05, 0) is 29.2 Å². The highest BCUT2D eigenvalue weighted by Gasteiger charge is 2.13. The lowest BCUT2D eigenvalue weighted by atomic mass is 10.1. The van der Waals surface area contributed by atoms with Gasteiger partial charge >= 0.3 is 0 Å². The molecule has 0 unspecified atom stereocenters. The summed E-state index contributed by atoms with van der Waals surface area (Å²) in [5.74, 6) is 0.837. The van der Waals surface area contributed by atoms with Crippen LogP contribution in [-0.2, 0) is 0 Å². The summed E-state index contributed by atoms with van der Waals surface area (Å²) in [6, 6.07) is 17.9. The Hall–Kier alpha value is -1.91. The van der Waals surface area contributed by atoms with E-state index in [9.17, 15) is 5.11 Å². The number of hydrogen-bond acceptors (Lipinski definition) is 4. The lowest BCUT2D eigenvalue weighted by Crippen LogP contribution is -2.14. The fourth-order valence-corrected chi connectivity index (χ4v) is 2.82. The Balaban J connectivity index is 1.91. The van der Waals surface area contributed by atoms with Crippen LogP contribution in [0.3, 0.4) is 0 Å². The number of anilines is 1. The monoisotopic (exact) mass is 270 g/mol. The molecule has 96 valence electrons. The zero-order valence-electron chi connectivity index (χ0n) is 10.3. The molecule has 0 fully saturated rings. The van der Waals surface area contributed by atoms with Crippen LogP contribution in [0.5, 0.6) is 0 Å². The van der Waals surface area contributed by atoms with Gasteiger partial charge in [0.15, 0.2) is 0 Å². The normalized spacial score (nSPS) is 12.5. The largest absolute Gasteiger partial charge is 0.394 e. The molecule has 0 saturated carbocycles. The minimum Gasteiger partial charge on any atom is -0.394 e. The third-order valence-corrected chi connectivity index (χ3v) is 3.90. The first-order valence-corrected chi connectivity index (χ1v) is 6.92. The summed E-state index contributed by atoms with van der Waals surface area (Å²) in [5, 5.41) is 14.0. The molecule has 4 heteroatoms. The van der Waals surface area contributed by atoms with Crippen molar-refractivity contribution in [1.82, 2.24) is 4.37 Å². The molecule has 3 rings (SSSR count). The van der Waals surface area contributed by atoms with Crippen LogP contribution in [0.4, 0.5) is 5.82 Å². The molecular formula is C15H14N2OS. The maximum absolute atomic E-state index is 9.56. The number of hydrogen-bond donors (Lipinski definition) is 2. The van der Waals surface area contributed by atoms with Gasteiger partial charge in [-0.3, -0.25) is 0 Å². The van der Waals surface area contributed by atoms with Crippen LogP contribution >= 0.6 is 11.5 Å². The van der Waals surface area contributed by atoms with Gasteiger partial charge in [0.2, 0.25) is 0 Å². The maximum Gasteiger partial charge on any atom is 0.148 e. The highest BCUT2D eigenvalue weighted by molar-refractivity contribution is 7.13. The average Bonchev–Trinajstić information content (AvgIpc) is 2.89. The van der Waals surface area contributed by atoms with Crippen molar-refractivity contribution in [3.63, 3.8) is 0 Å². The lowest BCUT2D eigenvalue weighted by molar-refractivity contribution is 0.276. The Labute approximate surface area is 115 Å². The van der Waals surface area contributed by atoms with E-state index < -0.39 is 0 Å². The van der Waals surface area contributed by atoms with Gasteiger partial charge in [-0.15, -0.1) is 0 Å². The molecule has 2 N–H and O–H groups in total. The summed E-state index contributed by atoms with van der Waals surface area (Å²) in [5.41, 5.74) is 1.06. The molecule has 0 saturated heterocycles. The first kappa shape index (κ1) is 12.1. The number of aliphatic hydroxyl groups excluding tert-OH is 1. The van der Waals surface area contributed by atoms with Gasteiger partial charge < -0.3 is 10.4 Å². The third kappa shape index (κ3) is 2.45. The molecule has 0 spiro atoms. The number of rotatable bonds is 4. The summed E-state index contributed by atoms with van der Waals surface area (Å²) >= 11 is 1.47. The molecule has 2 aromatic carbocycles. The van der Waals surface area contributed by atoms with Gasteiger partial charge in [-0.2, -0.15) is 4.37 Å². The molecule has 0 aliphatic rings. The molecule has 3 aromatic rings. The summed E-state index contributed by atoms with van der Waals surface area (Å²) in [4.78, 5) is 0. The number of benzene rings is 2. The summed E-state index contributed by atoms with van der Waals surface area (Å²) < 4.78 is 5.58. The van der Waals surface area contributed by atoms with Gasteiger partial charge in [0.05, 0.1) is 17.3 Å². The quantitative estimate of drug-likeness (QED) is 0.763. The Kier molecular flexibility index (Phi) is 3.44. The second-order valence-corrected chi connectivity index (χ2v) is 5.12. The van der Waals surface area contributed by atoms with E-state index in [4.69, 9.17) is 0 Å². The van der Waals surface area contributed by atoms with Gasteiger partial charge in [0.25, 0.3) is 0 Å². The number of aliphatic hydroxyl groups is 1. The predicted octanol–water partition coefficient (Wildman–Crippen LogP) is 3.44. The highest BCUT2D eigenvalue weighted by atomic mass is 32.1. The molecule has 3 nitrogen and oxygen atoms in total. The first-order chi connectivity index (χ1) is 9.38. The van der Waals surface area contributed by atoms with Gasteiger partial charge in [-0.25, -0.2) is 0 Å².